The summed E-state index contributed by atoms with van der Waals surface area (Å²) < 4.78 is 11.2. The molecule has 1 aromatic heterocycles. The maximum absolute atomic E-state index is 12.3. The van der Waals surface area contributed by atoms with Crippen LogP contribution in [0.25, 0.3) is 11.0 Å². The van der Waals surface area contributed by atoms with Crippen molar-refractivity contribution in [2.24, 2.45) is 5.92 Å². The standard InChI is InChI=1S/C27H34N2O4/c1-27(2,3)32-26(31)29-15-13-19(14-16-29)9-12-24-22-11-10-21(17-20-7-5-4-6-8-20)23(18-30)25(22)33-28-24/h4-8,10-11,19,30H,9,12-18H2,1-3H3. The lowest BCUT2D eigenvalue weighted by atomic mass is 9.91. The number of aryl methyl sites for hydroxylation is 1. The van der Waals surface area contributed by atoms with Gasteiger partial charge >= 0.3 is 6.09 Å². The third-order valence-electron chi connectivity index (χ3n) is 6.37. The molecule has 4 rings (SSSR count). The van der Waals surface area contributed by atoms with Crippen LogP contribution in [-0.2, 0) is 24.2 Å². The monoisotopic (exact) mass is 450 g/mol. The van der Waals surface area contributed by atoms with Gasteiger partial charge in [0, 0.05) is 24.0 Å². The third-order valence-corrected chi connectivity index (χ3v) is 6.37. The molecular formula is C27H34N2O4. The van der Waals surface area contributed by atoms with E-state index in [1.165, 1.54) is 5.56 Å². The summed E-state index contributed by atoms with van der Waals surface area (Å²) in [4.78, 5) is 14.1. The molecule has 0 saturated carbocycles. The number of rotatable bonds is 6. The Morgan fingerprint density at radius 1 is 1.15 bits per heavy atom. The zero-order valence-corrected chi connectivity index (χ0v) is 19.8. The van der Waals surface area contributed by atoms with E-state index in [1.54, 1.807) is 0 Å². The number of aliphatic hydroxyl groups is 1. The van der Waals surface area contributed by atoms with Gasteiger partial charge in [-0.05, 0) is 76.0 Å². The van der Waals surface area contributed by atoms with Gasteiger partial charge in [0.1, 0.15) is 5.60 Å². The second kappa shape index (κ2) is 9.96. The lowest BCUT2D eigenvalue weighted by Gasteiger charge is -2.33. The number of amides is 1. The number of benzene rings is 2. The second-order valence-corrected chi connectivity index (χ2v) is 9.98. The molecule has 1 aliphatic heterocycles. The molecular weight excluding hydrogens is 416 g/mol. The number of fused-ring (bicyclic) bond motifs is 1. The molecule has 1 fully saturated rings. The highest BCUT2D eigenvalue weighted by molar-refractivity contribution is 5.83. The zero-order valence-electron chi connectivity index (χ0n) is 19.8. The summed E-state index contributed by atoms with van der Waals surface area (Å²) in [5, 5.41) is 15.4. The van der Waals surface area contributed by atoms with Gasteiger partial charge in [0.15, 0.2) is 5.58 Å². The number of hydrogen-bond acceptors (Lipinski definition) is 5. The number of carbonyl (C=O) groups is 1. The first-order chi connectivity index (χ1) is 15.8. The van der Waals surface area contributed by atoms with Crippen LogP contribution in [0.3, 0.4) is 0 Å². The fourth-order valence-corrected chi connectivity index (χ4v) is 4.56. The Bertz CT molecular complexity index is 1080. The molecule has 0 aliphatic carbocycles. The summed E-state index contributed by atoms with van der Waals surface area (Å²) in [7, 11) is 0. The summed E-state index contributed by atoms with van der Waals surface area (Å²) in [6.07, 6.45) is 4.30. The number of aliphatic hydroxyl groups excluding tert-OH is 1. The molecule has 1 saturated heterocycles. The second-order valence-electron chi connectivity index (χ2n) is 9.98. The molecule has 1 N–H and O–H groups in total. The number of piperidine rings is 1. The molecule has 176 valence electrons. The van der Waals surface area contributed by atoms with Crippen molar-refractivity contribution in [3.8, 4) is 0 Å². The summed E-state index contributed by atoms with van der Waals surface area (Å²) in [5.74, 6) is 0.546. The third kappa shape index (κ3) is 5.74. The van der Waals surface area contributed by atoms with Crippen LogP contribution in [0.1, 0.15) is 62.4 Å². The van der Waals surface area contributed by atoms with Crippen molar-refractivity contribution in [1.29, 1.82) is 0 Å². The predicted octanol–water partition coefficient (Wildman–Crippen LogP) is 5.49. The number of ether oxygens (including phenoxy) is 1. The average Bonchev–Trinajstić information content (AvgIpc) is 3.20. The van der Waals surface area contributed by atoms with Gasteiger partial charge in [0.2, 0.25) is 0 Å². The van der Waals surface area contributed by atoms with Crippen LogP contribution < -0.4 is 0 Å². The van der Waals surface area contributed by atoms with Crippen LogP contribution in [-0.4, -0.2) is 39.9 Å². The summed E-state index contributed by atoms with van der Waals surface area (Å²) in [5.41, 5.74) is 4.26. The fourth-order valence-electron chi connectivity index (χ4n) is 4.56. The molecule has 0 bridgehead atoms. The van der Waals surface area contributed by atoms with Crippen LogP contribution in [0.5, 0.6) is 0 Å². The van der Waals surface area contributed by atoms with Crippen molar-refractivity contribution >= 4 is 17.1 Å². The Labute approximate surface area is 195 Å². The van der Waals surface area contributed by atoms with E-state index in [0.717, 1.165) is 67.4 Å². The van der Waals surface area contributed by atoms with Crippen molar-refractivity contribution < 1.29 is 19.2 Å². The number of aromatic nitrogens is 1. The lowest BCUT2D eigenvalue weighted by molar-refractivity contribution is 0.0181. The Hall–Kier alpha value is -2.86. The van der Waals surface area contributed by atoms with E-state index >= 15 is 0 Å². The van der Waals surface area contributed by atoms with E-state index in [2.05, 4.69) is 29.4 Å². The highest BCUT2D eigenvalue weighted by atomic mass is 16.6. The van der Waals surface area contributed by atoms with Crippen LogP contribution in [0.2, 0.25) is 0 Å². The average molecular weight is 451 g/mol. The van der Waals surface area contributed by atoms with E-state index in [9.17, 15) is 9.90 Å². The van der Waals surface area contributed by atoms with E-state index in [1.807, 2.05) is 43.9 Å². The molecule has 0 unspecified atom stereocenters. The maximum atomic E-state index is 12.3. The zero-order chi connectivity index (χ0) is 23.4. The van der Waals surface area contributed by atoms with Crippen LogP contribution in [0.15, 0.2) is 47.0 Å². The number of nitrogens with zero attached hydrogens (tertiary/aromatic N) is 2. The van der Waals surface area contributed by atoms with Crippen LogP contribution in [0, 0.1) is 5.92 Å². The minimum Gasteiger partial charge on any atom is -0.444 e. The summed E-state index contributed by atoms with van der Waals surface area (Å²) in [6.45, 7) is 7.08. The smallest absolute Gasteiger partial charge is 0.410 e. The van der Waals surface area contributed by atoms with Crippen LogP contribution in [0.4, 0.5) is 4.79 Å². The molecule has 0 radical (unpaired) electrons. The highest BCUT2D eigenvalue weighted by Gasteiger charge is 2.27. The van der Waals surface area contributed by atoms with Gasteiger partial charge in [0.25, 0.3) is 0 Å². The number of hydrogen-bond donors (Lipinski definition) is 1. The van der Waals surface area contributed by atoms with E-state index in [0.29, 0.717) is 11.5 Å². The van der Waals surface area contributed by atoms with Crippen molar-refractivity contribution in [2.45, 2.75) is 65.1 Å². The minimum atomic E-state index is -0.462. The molecule has 0 spiro atoms. The van der Waals surface area contributed by atoms with Crippen LogP contribution >= 0.6 is 0 Å². The molecule has 6 heteroatoms. The first-order valence-electron chi connectivity index (χ1n) is 11.9. The first-order valence-corrected chi connectivity index (χ1v) is 11.9. The molecule has 6 nitrogen and oxygen atoms in total. The fraction of sp³-hybridized carbons (Fsp3) is 0.481. The Balaban J connectivity index is 1.37. The quantitative estimate of drug-likeness (QED) is 0.537. The molecule has 1 amide bonds. The Kier molecular flexibility index (Phi) is 7.03. The lowest BCUT2D eigenvalue weighted by Crippen LogP contribution is -2.41. The van der Waals surface area contributed by atoms with E-state index in [-0.39, 0.29) is 12.7 Å². The van der Waals surface area contributed by atoms with Gasteiger partial charge in [-0.25, -0.2) is 4.79 Å². The van der Waals surface area contributed by atoms with Crippen molar-refractivity contribution in [1.82, 2.24) is 10.1 Å². The van der Waals surface area contributed by atoms with Crippen molar-refractivity contribution in [3.63, 3.8) is 0 Å². The Morgan fingerprint density at radius 3 is 2.55 bits per heavy atom. The van der Waals surface area contributed by atoms with E-state index in [4.69, 9.17) is 9.26 Å². The largest absolute Gasteiger partial charge is 0.444 e. The Morgan fingerprint density at radius 2 is 1.88 bits per heavy atom. The molecule has 2 aromatic carbocycles. The normalized spacial score (nSPS) is 15.2. The molecule has 1 aliphatic rings. The molecule has 3 aromatic rings. The predicted molar refractivity (Wildman–Crippen MR) is 128 cm³/mol. The number of carbonyl (C=O) groups excluding carboxylic acids is 1. The minimum absolute atomic E-state index is 0.0722. The van der Waals surface area contributed by atoms with Crippen molar-refractivity contribution in [2.75, 3.05) is 13.1 Å². The van der Waals surface area contributed by atoms with Gasteiger partial charge in [-0.2, -0.15) is 0 Å². The first kappa shape index (κ1) is 23.3. The summed E-state index contributed by atoms with van der Waals surface area (Å²) >= 11 is 0. The SMILES string of the molecule is CC(C)(C)OC(=O)N1CCC(CCc2noc3c(CO)c(Cc4ccccc4)ccc23)CC1. The molecule has 33 heavy (non-hydrogen) atoms. The number of likely N-dealkylation sites (tertiary alicyclic amines) is 1. The highest BCUT2D eigenvalue weighted by Crippen LogP contribution is 2.30. The molecule has 0 atom stereocenters. The van der Waals surface area contributed by atoms with Gasteiger partial charge in [-0.15, -0.1) is 0 Å². The van der Waals surface area contributed by atoms with E-state index < -0.39 is 5.60 Å². The van der Waals surface area contributed by atoms with Gasteiger partial charge < -0.3 is 19.3 Å². The van der Waals surface area contributed by atoms with Gasteiger partial charge in [0.05, 0.1) is 12.3 Å². The van der Waals surface area contributed by atoms with Crippen molar-refractivity contribution in [3.05, 3.63) is 64.8 Å². The topological polar surface area (TPSA) is 75.8 Å². The van der Waals surface area contributed by atoms with Gasteiger partial charge in [-0.3, -0.25) is 0 Å². The maximum Gasteiger partial charge on any atom is 0.410 e. The molecule has 2 heterocycles. The summed E-state index contributed by atoms with van der Waals surface area (Å²) in [6, 6.07) is 14.4. The van der Waals surface area contributed by atoms with Gasteiger partial charge in [-0.1, -0.05) is 41.6 Å².